The van der Waals surface area contributed by atoms with Crippen molar-refractivity contribution in [2.24, 2.45) is 0 Å². The minimum absolute atomic E-state index is 0.106. The van der Waals surface area contributed by atoms with Crippen LogP contribution in [0.15, 0.2) is 122 Å². The Balaban J connectivity index is 4.40. The Morgan fingerprint density at radius 2 is 0.494 bits per heavy atom. The van der Waals surface area contributed by atoms with Crippen molar-refractivity contribution in [1.82, 2.24) is 0 Å². The van der Waals surface area contributed by atoms with Crippen LogP contribution in [0.1, 0.15) is 329 Å². The lowest BCUT2D eigenvalue weighted by Crippen LogP contribution is -2.30. The molecule has 6 heteroatoms. The van der Waals surface area contributed by atoms with Gasteiger partial charge >= 0.3 is 17.9 Å². The molecule has 0 radical (unpaired) electrons. The first kappa shape index (κ1) is 78.8. The van der Waals surface area contributed by atoms with Gasteiger partial charge in [-0.3, -0.25) is 14.4 Å². The van der Waals surface area contributed by atoms with Crippen LogP contribution in [-0.4, -0.2) is 37.2 Å². The van der Waals surface area contributed by atoms with Crippen LogP contribution in [0.5, 0.6) is 0 Å². The topological polar surface area (TPSA) is 78.9 Å². The summed E-state index contributed by atoms with van der Waals surface area (Å²) in [6, 6.07) is 0. The molecule has 0 aromatic carbocycles. The molecule has 0 saturated heterocycles. The minimum atomic E-state index is -0.821. The zero-order chi connectivity index (χ0) is 59.9. The summed E-state index contributed by atoms with van der Waals surface area (Å²) in [7, 11) is 0. The highest BCUT2D eigenvalue weighted by atomic mass is 16.6. The van der Waals surface area contributed by atoms with Crippen molar-refractivity contribution in [3.63, 3.8) is 0 Å². The first-order valence-electron chi connectivity index (χ1n) is 35.0. The molecule has 0 N–H and O–H groups in total. The van der Waals surface area contributed by atoms with Crippen LogP contribution < -0.4 is 0 Å². The predicted molar refractivity (Wildman–Crippen MR) is 362 cm³/mol. The highest BCUT2D eigenvalue weighted by molar-refractivity contribution is 5.71. The van der Waals surface area contributed by atoms with E-state index < -0.39 is 6.10 Å². The average molecular weight is 1150 g/mol. The van der Waals surface area contributed by atoms with Crippen molar-refractivity contribution in [1.29, 1.82) is 0 Å². The molecule has 0 heterocycles. The van der Waals surface area contributed by atoms with Gasteiger partial charge in [0.05, 0.1) is 0 Å². The average Bonchev–Trinajstić information content (AvgIpc) is 3.50. The molecular weight excluding hydrogens is 1020 g/mol. The lowest BCUT2D eigenvalue weighted by atomic mass is 10.0. The van der Waals surface area contributed by atoms with E-state index in [1.807, 2.05) is 6.08 Å². The third kappa shape index (κ3) is 68.5. The molecule has 474 valence electrons. The molecule has 0 fully saturated rings. The normalized spacial score (nSPS) is 12.9. The monoisotopic (exact) mass is 1150 g/mol. The van der Waals surface area contributed by atoms with Crippen molar-refractivity contribution in [2.45, 2.75) is 335 Å². The Hall–Kier alpha value is -4.19. The molecule has 0 aliphatic rings. The molecule has 0 bridgehead atoms. The van der Waals surface area contributed by atoms with Gasteiger partial charge in [-0.1, -0.05) is 335 Å². The first-order valence-corrected chi connectivity index (χ1v) is 35.0. The molecule has 0 aliphatic carbocycles. The maximum atomic E-state index is 12.9. The van der Waals surface area contributed by atoms with E-state index in [2.05, 4.69) is 136 Å². The molecule has 0 aromatic rings. The molecule has 0 saturated carbocycles. The van der Waals surface area contributed by atoms with Gasteiger partial charge in [-0.2, -0.15) is 0 Å². The number of esters is 3. The number of unbranched alkanes of at least 4 members (excludes halogenated alkanes) is 32. The fourth-order valence-corrected chi connectivity index (χ4v) is 9.82. The summed E-state index contributed by atoms with van der Waals surface area (Å²) in [6.45, 7) is 6.39. The second-order valence-electron chi connectivity index (χ2n) is 23.0. The first-order chi connectivity index (χ1) is 41.0. The fourth-order valence-electron chi connectivity index (χ4n) is 9.82. The maximum absolute atomic E-state index is 12.9. The van der Waals surface area contributed by atoms with Crippen molar-refractivity contribution in [3.05, 3.63) is 122 Å². The van der Waals surface area contributed by atoms with Gasteiger partial charge in [0.1, 0.15) is 13.2 Å². The number of rotatable bonds is 63. The highest BCUT2D eigenvalue weighted by Crippen LogP contribution is 2.17. The van der Waals surface area contributed by atoms with E-state index in [-0.39, 0.29) is 37.5 Å². The smallest absolute Gasteiger partial charge is 0.306 e. The Labute approximate surface area is 513 Å². The van der Waals surface area contributed by atoms with E-state index in [4.69, 9.17) is 14.2 Å². The number of carbonyl (C=O) groups is 3. The van der Waals surface area contributed by atoms with Gasteiger partial charge in [0.15, 0.2) is 6.10 Å². The van der Waals surface area contributed by atoms with Crippen LogP contribution in [-0.2, 0) is 28.6 Å². The number of carbonyl (C=O) groups excluding carboxylic acids is 3. The van der Waals surface area contributed by atoms with Crippen molar-refractivity contribution >= 4 is 17.9 Å². The van der Waals surface area contributed by atoms with Gasteiger partial charge in [-0.05, 0) is 96.3 Å². The van der Waals surface area contributed by atoms with E-state index in [0.29, 0.717) is 19.3 Å². The van der Waals surface area contributed by atoms with Crippen LogP contribution in [0.3, 0.4) is 0 Å². The van der Waals surface area contributed by atoms with Gasteiger partial charge in [0, 0.05) is 19.3 Å². The molecule has 0 spiro atoms. The predicted octanol–water partition coefficient (Wildman–Crippen LogP) is 24.3. The van der Waals surface area contributed by atoms with Crippen LogP contribution in [0.2, 0.25) is 0 Å². The SMILES string of the molecule is CC/C=C\C/C=C\C/C=C\C/C=C\C/C=C\C/C=C\CCC(=O)OC(COC(=O)CCCCCCCCCCCCCCCC/C=C\C/C=C\C/C=C\C/C=C\CC)COC(=O)CCCCCCCCCCCCCCCCCCCCC. The number of ether oxygens (including phenoxy) is 3. The van der Waals surface area contributed by atoms with Gasteiger partial charge in [-0.15, -0.1) is 0 Å². The number of allylic oxidation sites excluding steroid dienone is 20. The third-order valence-corrected chi connectivity index (χ3v) is 15.0. The molecular formula is C77H130O6. The Morgan fingerprint density at radius 3 is 0.783 bits per heavy atom. The molecule has 0 aliphatic heterocycles. The zero-order valence-electron chi connectivity index (χ0n) is 54.4. The Kier molecular flexibility index (Phi) is 66.7. The molecule has 0 amide bonds. The Morgan fingerprint density at radius 1 is 0.253 bits per heavy atom. The summed E-state index contributed by atoms with van der Waals surface area (Å²) in [4.78, 5) is 38.4. The lowest BCUT2D eigenvalue weighted by Gasteiger charge is -2.18. The molecule has 0 aromatic heterocycles. The van der Waals surface area contributed by atoms with Crippen LogP contribution in [0.4, 0.5) is 0 Å². The van der Waals surface area contributed by atoms with E-state index in [9.17, 15) is 14.4 Å². The molecule has 1 atom stereocenters. The van der Waals surface area contributed by atoms with Crippen molar-refractivity contribution in [3.8, 4) is 0 Å². The van der Waals surface area contributed by atoms with Gasteiger partial charge in [-0.25, -0.2) is 0 Å². The molecule has 1 unspecified atom stereocenters. The standard InChI is InChI=1S/C77H130O6/c1-4-7-10-13-16-19-22-25-28-31-34-35-36-37-38-39-40-41-44-46-49-52-55-58-61-64-67-70-76(79)82-73-74(83-77(80)71-68-65-62-59-56-53-50-47-43-33-30-27-24-21-18-15-12-9-6-3)72-81-75(78)69-66-63-60-57-54-51-48-45-42-32-29-26-23-20-17-14-11-8-5-2/h7,9-10,12,16,18-19,21,25,27-28,30,34-35,43,47,53,56,62,65,74H,4-6,8,11,13-15,17,20,22-24,26,29,31-33,36-42,44-46,48-52,54-55,57-61,63-64,66-73H2,1-3H3/b10-7-,12-9-,19-16-,21-18-,28-25-,30-27-,35-34-,47-43-,56-53-,65-62-. The van der Waals surface area contributed by atoms with E-state index in [1.165, 1.54) is 180 Å². The summed E-state index contributed by atoms with van der Waals surface area (Å²) < 4.78 is 16.9. The van der Waals surface area contributed by atoms with Gasteiger partial charge < -0.3 is 14.2 Å². The number of hydrogen-bond donors (Lipinski definition) is 0. The summed E-state index contributed by atoms with van der Waals surface area (Å²) in [5, 5.41) is 0. The number of hydrogen-bond acceptors (Lipinski definition) is 6. The summed E-state index contributed by atoms with van der Waals surface area (Å²) in [5.41, 5.74) is 0. The third-order valence-electron chi connectivity index (χ3n) is 15.0. The molecule has 0 rings (SSSR count). The second-order valence-corrected chi connectivity index (χ2v) is 23.0. The molecule has 6 nitrogen and oxygen atoms in total. The maximum Gasteiger partial charge on any atom is 0.306 e. The summed E-state index contributed by atoms with van der Waals surface area (Å²) in [6.07, 6.45) is 98.1. The molecule has 83 heavy (non-hydrogen) atoms. The summed E-state index contributed by atoms with van der Waals surface area (Å²) >= 11 is 0. The lowest BCUT2D eigenvalue weighted by molar-refractivity contribution is -0.166. The van der Waals surface area contributed by atoms with Crippen LogP contribution in [0.25, 0.3) is 0 Å². The minimum Gasteiger partial charge on any atom is -0.462 e. The van der Waals surface area contributed by atoms with Crippen LogP contribution in [0, 0.1) is 0 Å². The second kappa shape index (κ2) is 70.3. The quantitative estimate of drug-likeness (QED) is 0.0261. The van der Waals surface area contributed by atoms with Gasteiger partial charge in [0.2, 0.25) is 0 Å². The van der Waals surface area contributed by atoms with E-state index >= 15 is 0 Å². The van der Waals surface area contributed by atoms with Crippen LogP contribution >= 0.6 is 0 Å². The van der Waals surface area contributed by atoms with Crippen molar-refractivity contribution in [2.75, 3.05) is 13.2 Å². The fraction of sp³-hybridized carbons (Fsp3) is 0.701. The summed E-state index contributed by atoms with van der Waals surface area (Å²) in [5.74, 6) is -0.978. The van der Waals surface area contributed by atoms with Gasteiger partial charge in [0.25, 0.3) is 0 Å². The Bertz CT molecular complexity index is 1700. The van der Waals surface area contributed by atoms with E-state index in [1.54, 1.807) is 0 Å². The largest absolute Gasteiger partial charge is 0.462 e. The highest BCUT2D eigenvalue weighted by Gasteiger charge is 2.19. The van der Waals surface area contributed by atoms with E-state index in [0.717, 1.165) is 103 Å². The zero-order valence-corrected chi connectivity index (χ0v) is 54.4. The van der Waals surface area contributed by atoms with Crippen molar-refractivity contribution < 1.29 is 28.6 Å².